The lowest BCUT2D eigenvalue weighted by atomic mass is 9.94. The zero-order chi connectivity index (χ0) is 28.8. The Hall–Kier alpha value is -4.70. The molecule has 0 aliphatic carbocycles. The average Bonchev–Trinajstić information content (AvgIpc) is 3.64. The maximum absolute atomic E-state index is 13.6. The normalized spacial score (nSPS) is 19.3. The highest BCUT2D eigenvalue weighted by Gasteiger charge is 2.48. The first-order valence-electron chi connectivity index (χ1n) is 13.1. The highest BCUT2D eigenvalue weighted by atomic mass is 32.1. The van der Waals surface area contributed by atoms with Crippen LogP contribution in [0.5, 0.6) is 11.5 Å². The molecule has 0 bridgehead atoms. The summed E-state index contributed by atoms with van der Waals surface area (Å²) >= 11 is 1.24. The number of Topliss-reactive ketones (excluding diaryl/α,β-unsaturated/α-hetero) is 1. The van der Waals surface area contributed by atoms with E-state index in [-0.39, 0.29) is 17.4 Å². The van der Waals surface area contributed by atoms with Crippen molar-refractivity contribution < 1.29 is 33.7 Å². The Kier molecular flexibility index (Phi) is 6.70. The van der Waals surface area contributed by atoms with E-state index in [0.29, 0.717) is 46.1 Å². The zero-order valence-corrected chi connectivity index (χ0v) is 23.4. The third kappa shape index (κ3) is 4.59. The number of ketones is 1. The van der Waals surface area contributed by atoms with E-state index < -0.39 is 23.7 Å². The van der Waals surface area contributed by atoms with Crippen LogP contribution >= 0.6 is 11.3 Å². The van der Waals surface area contributed by atoms with Gasteiger partial charge in [-0.2, -0.15) is 0 Å². The van der Waals surface area contributed by atoms with Crippen molar-refractivity contribution >= 4 is 50.1 Å². The lowest BCUT2D eigenvalue weighted by Crippen LogP contribution is -2.29. The van der Waals surface area contributed by atoms with Gasteiger partial charge in [0.1, 0.15) is 23.4 Å². The van der Waals surface area contributed by atoms with Gasteiger partial charge in [-0.05, 0) is 73.5 Å². The number of methoxy groups -OCH3 is 1. The number of aliphatic hydroxyl groups is 1. The molecule has 2 atom stereocenters. The van der Waals surface area contributed by atoms with Crippen molar-refractivity contribution in [1.82, 2.24) is 4.98 Å². The first-order chi connectivity index (χ1) is 19.8. The minimum Gasteiger partial charge on any atom is -0.507 e. The lowest BCUT2D eigenvalue weighted by Gasteiger charge is -2.23. The number of amides is 1. The molecule has 3 aromatic carbocycles. The van der Waals surface area contributed by atoms with Crippen LogP contribution in [-0.4, -0.2) is 47.6 Å². The predicted molar refractivity (Wildman–Crippen MR) is 154 cm³/mol. The molecule has 4 aromatic rings. The Morgan fingerprint density at radius 3 is 2.59 bits per heavy atom. The summed E-state index contributed by atoms with van der Waals surface area (Å²) in [5.74, 6) is -1.06. The molecule has 6 rings (SSSR count). The van der Waals surface area contributed by atoms with Crippen LogP contribution in [0.3, 0.4) is 0 Å². The number of thiazole rings is 1. The average molecular weight is 571 g/mol. The molecule has 1 fully saturated rings. The molecule has 10 heteroatoms. The number of fused-ring (bicyclic) bond motifs is 2. The molecular formula is C31H26N2O7S. The van der Waals surface area contributed by atoms with Crippen LogP contribution in [0.25, 0.3) is 16.0 Å². The van der Waals surface area contributed by atoms with Crippen molar-refractivity contribution in [2.75, 3.05) is 18.6 Å². The van der Waals surface area contributed by atoms with Crippen LogP contribution in [-0.2, 0) is 20.7 Å². The second kappa shape index (κ2) is 10.4. The van der Waals surface area contributed by atoms with Crippen LogP contribution in [0, 0.1) is 0 Å². The first kappa shape index (κ1) is 26.5. The minimum atomic E-state index is -0.989. The molecular weight excluding hydrogens is 544 g/mol. The van der Waals surface area contributed by atoms with Crippen molar-refractivity contribution in [3.8, 4) is 11.5 Å². The molecule has 1 N–H and O–H groups in total. The van der Waals surface area contributed by atoms with Crippen LogP contribution in [0.15, 0.2) is 66.2 Å². The summed E-state index contributed by atoms with van der Waals surface area (Å²) in [5.41, 5.74) is 2.72. The van der Waals surface area contributed by atoms with Gasteiger partial charge in [0.05, 0.1) is 41.1 Å². The van der Waals surface area contributed by atoms with Gasteiger partial charge in [0.2, 0.25) is 0 Å². The number of aliphatic hydroxyl groups excluding tert-OH is 1. The third-order valence-corrected chi connectivity index (χ3v) is 8.14. The minimum absolute atomic E-state index is 0.00331. The predicted octanol–water partition coefficient (Wildman–Crippen LogP) is 5.43. The Balaban J connectivity index is 1.50. The van der Waals surface area contributed by atoms with Crippen LogP contribution in [0.4, 0.5) is 5.13 Å². The number of hydrogen-bond acceptors (Lipinski definition) is 9. The van der Waals surface area contributed by atoms with E-state index in [0.717, 1.165) is 16.0 Å². The molecule has 2 aliphatic rings. The summed E-state index contributed by atoms with van der Waals surface area (Å²) in [4.78, 5) is 45.2. The summed E-state index contributed by atoms with van der Waals surface area (Å²) in [6, 6.07) is 16.1. The molecule has 2 aliphatic heterocycles. The maximum Gasteiger partial charge on any atom is 0.337 e. The van der Waals surface area contributed by atoms with E-state index >= 15 is 0 Å². The fourth-order valence-corrected chi connectivity index (χ4v) is 6.26. The van der Waals surface area contributed by atoms with Gasteiger partial charge in [0, 0.05) is 12.0 Å². The number of aromatic nitrogens is 1. The number of carbonyl (C=O) groups excluding carboxylic acids is 3. The summed E-state index contributed by atoms with van der Waals surface area (Å²) in [5, 5.41) is 11.8. The van der Waals surface area contributed by atoms with Crippen molar-refractivity contribution in [3.63, 3.8) is 0 Å². The second-order valence-electron chi connectivity index (χ2n) is 9.80. The first-order valence-corrected chi connectivity index (χ1v) is 13.9. The summed E-state index contributed by atoms with van der Waals surface area (Å²) in [6.45, 7) is 4.35. The van der Waals surface area contributed by atoms with Gasteiger partial charge < -0.3 is 19.3 Å². The number of carbonyl (C=O) groups is 3. The van der Waals surface area contributed by atoms with Gasteiger partial charge in [-0.3, -0.25) is 14.5 Å². The molecule has 9 nitrogen and oxygen atoms in total. The van der Waals surface area contributed by atoms with E-state index in [1.54, 1.807) is 54.6 Å². The Labute approximate surface area is 239 Å². The van der Waals surface area contributed by atoms with Crippen molar-refractivity contribution in [3.05, 3.63) is 88.5 Å². The number of nitrogens with zero attached hydrogens (tertiary/aromatic N) is 2. The highest BCUT2D eigenvalue weighted by Crippen LogP contribution is 2.45. The van der Waals surface area contributed by atoms with Gasteiger partial charge in [0.25, 0.3) is 5.78 Å². The van der Waals surface area contributed by atoms with Gasteiger partial charge in [-0.25, -0.2) is 9.78 Å². The van der Waals surface area contributed by atoms with Crippen molar-refractivity contribution in [2.45, 2.75) is 32.4 Å². The standard InChI is InChI=1S/C31H26N2O7S/c1-4-39-21-10-11-22-24(15-21)41-31(32-22)33-26(17-5-7-18(8-6-17)30(37)38-3)25(28(35)29(33)36)27(34)19-9-12-23-20(14-19)13-16(2)40-23/h5-12,14-16,26,34H,4,13H2,1-3H3/b27-25+/t16-,26-/m1/s1. The van der Waals surface area contributed by atoms with Crippen LogP contribution < -0.4 is 14.4 Å². The van der Waals surface area contributed by atoms with E-state index in [4.69, 9.17) is 14.2 Å². The summed E-state index contributed by atoms with van der Waals surface area (Å²) in [7, 11) is 1.29. The van der Waals surface area contributed by atoms with E-state index in [2.05, 4.69) is 4.98 Å². The molecule has 208 valence electrons. The molecule has 1 aromatic heterocycles. The number of anilines is 1. The third-order valence-electron chi connectivity index (χ3n) is 7.13. The fourth-order valence-electron chi connectivity index (χ4n) is 5.24. The fraction of sp³-hybridized carbons (Fsp3) is 0.226. The number of ether oxygens (including phenoxy) is 3. The molecule has 1 saturated heterocycles. The number of esters is 1. The molecule has 1 amide bonds. The van der Waals surface area contributed by atoms with Gasteiger partial charge >= 0.3 is 11.9 Å². The van der Waals surface area contributed by atoms with E-state index in [1.807, 2.05) is 19.9 Å². The van der Waals surface area contributed by atoms with Crippen LogP contribution in [0.2, 0.25) is 0 Å². The Bertz CT molecular complexity index is 1740. The monoisotopic (exact) mass is 570 g/mol. The molecule has 41 heavy (non-hydrogen) atoms. The molecule has 0 radical (unpaired) electrons. The SMILES string of the molecule is CCOc1ccc2nc(N3C(=O)C(=O)/C(=C(/O)c4ccc5c(c4)C[C@@H](C)O5)[C@H]3c3ccc(C(=O)OC)cc3)sc2c1. The summed E-state index contributed by atoms with van der Waals surface area (Å²) < 4.78 is 17.0. The van der Waals surface area contributed by atoms with Gasteiger partial charge in [0.15, 0.2) is 5.13 Å². The van der Waals surface area contributed by atoms with Gasteiger partial charge in [-0.15, -0.1) is 0 Å². The van der Waals surface area contributed by atoms with Crippen molar-refractivity contribution in [1.29, 1.82) is 0 Å². The number of rotatable bonds is 6. The van der Waals surface area contributed by atoms with E-state index in [9.17, 15) is 19.5 Å². The van der Waals surface area contributed by atoms with E-state index in [1.165, 1.54) is 23.3 Å². The quantitative estimate of drug-likeness (QED) is 0.141. The Morgan fingerprint density at radius 1 is 1.10 bits per heavy atom. The van der Waals surface area contributed by atoms with Crippen molar-refractivity contribution in [2.24, 2.45) is 0 Å². The van der Waals surface area contributed by atoms with Gasteiger partial charge in [-0.1, -0.05) is 23.5 Å². The topological polar surface area (TPSA) is 115 Å². The lowest BCUT2D eigenvalue weighted by molar-refractivity contribution is -0.132. The molecule has 3 heterocycles. The zero-order valence-electron chi connectivity index (χ0n) is 22.5. The maximum atomic E-state index is 13.6. The second-order valence-corrected chi connectivity index (χ2v) is 10.8. The molecule has 0 saturated carbocycles. The highest BCUT2D eigenvalue weighted by molar-refractivity contribution is 7.22. The number of benzene rings is 3. The molecule has 0 unspecified atom stereocenters. The molecule has 0 spiro atoms. The number of hydrogen-bond donors (Lipinski definition) is 1. The largest absolute Gasteiger partial charge is 0.507 e. The Morgan fingerprint density at radius 2 is 1.85 bits per heavy atom. The van der Waals surface area contributed by atoms with Crippen LogP contribution in [0.1, 0.15) is 46.9 Å². The summed E-state index contributed by atoms with van der Waals surface area (Å²) in [6.07, 6.45) is 0.669. The smallest absolute Gasteiger partial charge is 0.337 e.